The van der Waals surface area contributed by atoms with Crippen LogP contribution in [0, 0.1) is 0 Å². The van der Waals surface area contributed by atoms with Crippen LogP contribution in [0.3, 0.4) is 0 Å². The highest BCUT2D eigenvalue weighted by Crippen LogP contribution is 2.22. The van der Waals surface area contributed by atoms with Crippen molar-refractivity contribution in [3.8, 4) is 0 Å². The Morgan fingerprint density at radius 2 is 2.06 bits per heavy atom. The molecule has 2 aromatic rings. The molecular formula is C11H13N3OS. The summed E-state index contributed by atoms with van der Waals surface area (Å²) in [6.07, 6.45) is 0. The number of hydrogen-bond acceptors (Lipinski definition) is 5. The van der Waals surface area contributed by atoms with Gasteiger partial charge < -0.3 is 10.2 Å². The van der Waals surface area contributed by atoms with E-state index in [1.807, 2.05) is 25.1 Å². The molecule has 2 N–H and O–H groups in total. The highest BCUT2D eigenvalue weighted by atomic mass is 32.2. The topological polar surface area (TPSA) is 64.9 Å². The fraction of sp³-hybridized carbons (Fsp3) is 0.273. The molecule has 2 rings (SSSR count). The van der Waals surface area contributed by atoms with Crippen molar-refractivity contribution >= 4 is 11.8 Å². The van der Waals surface area contributed by atoms with Gasteiger partial charge in [0, 0.05) is 5.75 Å². The summed E-state index contributed by atoms with van der Waals surface area (Å²) in [5.74, 6) is 1.30. The maximum atomic E-state index is 5.63. The number of benzene rings is 1. The third-order valence-electron chi connectivity index (χ3n) is 2.02. The van der Waals surface area contributed by atoms with Crippen molar-refractivity contribution in [1.29, 1.82) is 0 Å². The van der Waals surface area contributed by atoms with Gasteiger partial charge in [-0.3, -0.25) is 0 Å². The molecule has 4 nitrogen and oxygen atoms in total. The van der Waals surface area contributed by atoms with Crippen LogP contribution >= 0.6 is 11.8 Å². The third kappa shape index (κ3) is 2.84. The van der Waals surface area contributed by atoms with Crippen molar-refractivity contribution in [2.45, 2.75) is 23.9 Å². The van der Waals surface area contributed by atoms with Crippen LogP contribution in [0.25, 0.3) is 0 Å². The van der Waals surface area contributed by atoms with Crippen molar-refractivity contribution in [3.05, 3.63) is 41.8 Å². The van der Waals surface area contributed by atoms with Gasteiger partial charge in [0.1, 0.15) is 0 Å². The van der Waals surface area contributed by atoms with Gasteiger partial charge in [-0.2, -0.15) is 0 Å². The summed E-state index contributed by atoms with van der Waals surface area (Å²) in [5, 5.41) is 8.35. The summed E-state index contributed by atoms with van der Waals surface area (Å²) in [5.41, 5.74) is 6.86. The van der Waals surface area contributed by atoms with Crippen LogP contribution in [0.5, 0.6) is 0 Å². The standard InChI is InChI=1S/C11H13N3OS/c1-8(12)10-13-14-11(15-10)16-7-9-5-3-2-4-6-9/h2-6,8H,7,12H2,1H3. The van der Waals surface area contributed by atoms with Gasteiger partial charge >= 0.3 is 0 Å². The van der Waals surface area contributed by atoms with Crippen molar-refractivity contribution in [1.82, 2.24) is 10.2 Å². The van der Waals surface area contributed by atoms with Crippen LogP contribution in [-0.2, 0) is 5.75 Å². The first kappa shape index (κ1) is 11.2. The molecule has 1 heterocycles. The molecule has 0 aliphatic rings. The van der Waals surface area contributed by atoms with Crippen molar-refractivity contribution in [3.63, 3.8) is 0 Å². The lowest BCUT2D eigenvalue weighted by Gasteiger charge is -1.97. The third-order valence-corrected chi connectivity index (χ3v) is 2.91. The normalized spacial score (nSPS) is 12.6. The van der Waals surface area contributed by atoms with Crippen molar-refractivity contribution < 1.29 is 4.42 Å². The van der Waals surface area contributed by atoms with E-state index in [-0.39, 0.29) is 6.04 Å². The minimum absolute atomic E-state index is 0.210. The van der Waals surface area contributed by atoms with Gasteiger partial charge in [0.2, 0.25) is 5.89 Å². The largest absolute Gasteiger partial charge is 0.414 e. The summed E-state index contributed by atoms with van der Waals surface area (Å²) in [4.78, 5) is 0. The molecule has 84 valence electrons. The summed E-state index contributed by atoms with van der Waals surface area (Å²) in [6.45, 7) is 1.82. The van der Waals surface area contributed by atoms with Crippen molar-refractivity contribution in [2.24, 2.45) is 5.73 Å². The summed E-state index contributed by atoms with van der Waals surface area (Å²) >= 11 is 1.52. The molecule has 1 atom stereocenters. The van der Waals surface area contributed by atoms with Gasteiger partial charge in [-0.15, -0.1) is 10.2 Å². The number of rotatable bonds is 4. The number of thioether (sulfide) groups is 1. The van der Waals surface area contributed by atoms with E-state index in [0.29, 0.717) is 11.1 Å². The Morgan fingerprint density at radius 3 is 2.69 bits per heavy atom. The zero-order valence-electron chi connectivity index (χ0n) is 8.96. The predicted octanol–water partition coefficient (Wildman–Crippen LogP) is 2.38. The quantitative estimate of drug-likeness (QED) is 0.824. The summed E-state index contributed by atoms with van der Waals surface area (Å²) in [6, 6.07) is 9.94. The summed E-state index contributed by atoms with van der Waals surface area (Å²) in [7, 11) is 0. The first-order valence-corrected chi connectivity index (χ1v) is 6.00. The monoisotopic (exact) mass is 235 g/mol. The van der Waals surface area contributed by atoms with Crippen LogP contribution < -0.4 is 5.73 Å². The lowest BCUT2D eigenvalue weighted by atomic mass is 10.2. The Kier molecular flexibility index (Phi) is 3.58. The van der Waals surface area contributed by atoms with E-state index in [0.717, 1.165) is 5.75 Å². The molecule has 0 bridgehead atoms. The minimum atomic E-state index is -0.210. The zero-order valence-corrected chi connectivity index (χ0v) is 9.78. The number of nitrogens with zero attached hydrogens (tertiary/aromatic N) is 2. The van der Waals surface area contributed by atoms with E-state index in [1.54, 1.807) is 0 Å². The summed E-state index contributed by atoms with van der Waals surface area (Å²) < 4.78 is 5.38. The number of nitrogens with two attached hydrogens (primary N) is 1. The maximum Gasteiger partial charge on any atom is 0.276 e. The molecule has 0 aliphatic heterocycles. The zero-order chi connectivity index (χ0) is 11.4. The fourth-order valence-corrected chi connectivity index (χ4v) is 1.91. The molecule has 1 aromatic heterocycles. The van der Waals surface area contributed by atoms with E-state index in [9.17, 15) is 0 Å². The second-order valence-corrected chi connectivity index (χ2v) is 4.40. The van der Waals surface area contributed by atoms with E-state index in [4.69, 9.17) is 10.2 Å². The highest BCUT2D eigenvalue weighted by Gasteiger charge is 2.09. The fourth-order valence-electron chi connectivity index (χ4n) is 1.18. The Hall–Kier alpha value is -1.33. The molecule has 1 aromatic carbocycles. The predicted molar refractivity (Wildman–Crippen MR) is 62.9 cm³/mol. The molecule has 16 heavy (non-hydrogen) atoms. The molecule has 5 heteroatoms. The Morgan fingerprint density at radius 1 is 1.31 bits per heavy atom. The smallest absolute Gasteiger partial charge is 0.276 e. The van der Waals surface area contributed by atoms with Crippen LogP contribution in [0.15, 0.2) is 40.0 Å². The number of aromatic nitrogens is 2. The van der Waals surface area contributed by atoms with Crippen LogP contribution in [0.1, 0.15) is 24.4 Å². The number of hydrogen-bond donors (Lipinski definition) is 1. The second kappa shape index (κ2) is 5.14. The van der Waals surface area contributed by atoms with Gasteiger partial charge in [0.25, 0.3) is 5.22 Å². The van der Waals surface area contributed by atoms with Gasteiger partial charge in [0.15, 0.2) is 0 Å². The molecule has 0 saturated carbocycles. The maximum absolute atomic E-state index is 5.63. The average Bonchev–Trinajstić information content (AvgIpc) is 2.76. The molecule has 0 radical (unpaired) electrons. The Bertz CT molecular complexity index is 442. The molecule has 0 fully saturated rings. The lowest BCUT2D eigenvalue weighted by Crippen LogP contribution is -2.04. The highest BCUT2D eigenvalue weighted by molar-refractivity contribution is 7.98. The molecular weight excluding hydrogens is 222 g/mol. The van der Waals surface area contributed by atoms with Crippen LogP contribution in [-0.4, -0.2) is 10.2 Å². The average molecular weight is 235 g/mol. The van der Waals surface area contributed by atoms with Crippen LogP contribution in [0.4, 0.5) is 0 Å². The van der Waals surface area contributed by atoms with Crippen molar-refractivity contribution in [2.75, 3.05) is 0 Å². The Balaban J connectivity index is 1.95. The molecule has 0 saturated heterocycles. The molecule has 0 amide bonds. The van der Waals surface area contributed by atoms with E-state index in [2.05, 4.69) is 22.3 Å². The lowest BCUT2D eigenvalue weighted by molar-refractivity contribution is 0.394. The Labute approximate surface area is 98.2 Å². The van der Waals surface area contributed by atoms with Gasteiger partial charge in [0.05, 0.1) is 6.04 Å². The van der Waals surface area contributed by atoms with E-state index in [1.165, 1.54) is 17.3 Å². The second-order valence-electron chi connectivity index (χ2n) is 3.47. The SMILES string of the molecule is CC(N)c1nnc(SCc2ccccc2)o1. The van der Waals surface area contributed by atoms with Gasteiger partial charge in [-0.1, -0.05) is 42.1 Å². The van der Waals surface area contributed by atoms with Gasteiger partial charge in [-0.05, 0) is 12.5 Å². The van der Waals surface area contributed by atoms with E-state index < -0.39 is 0 Å². The van der Waals surface area contributed by atoms with Gasteiger partial charge in [-0.25, -0.2) is 0 Å². The first-order chi connectivity index (χ1) is 7.75. The van der Waals surface area contributed by atoms with Crippen LogP contribution in [0.2, 0.25) is 0 Å². The minimum Gasteiger partial charge on any atom is -0.414 e. The molecule has 0 spiro atoms. The van der Waals surface area contributed by atoms with E-state index >= 15 is 0 Å². The molecule has 1 unspecified atom stereocenters. The molecule has 0 aliphatic carbocycles. The first-order valence-electron chi connectivity index (χ1n) is 5.01.